The maximum atomic E-state index is 12.8. The Hall–Kier alpha value is -3.52. The number of ether oxygens (including phenoxy) is 6. The molecule has 0 radical (unpaired) electrons. The molecule has 0 unspecified atom stereocenters. The molecule has 0 aromatic rings. The number of carbonyl (C=O) groups excluding carboxylic acids is 6. The SMILES string of the molecule is C=CC[C@H]1[C@H](OC(C)=O)[C@@H](NC(C)=O)[C@H]([C@@H](OC(C)=O)[C@@H](COC(C)=O)OC(C)=O)O[C@]1(O)C(=O)OC. The largest absolute Gasteiger partial charge is 0.465 e. The van der Waals surface area contributed by atoms with Gasteiger partial charge >= 0.3 is 29.8 Å². The molecule has 0 bridgehead atoms. The number of amides is 1. The predicted octanol–water partition coefficient (Wildman–Crippen LogP) is -0.698. The summed E-state index contributed by atoms with van der Waals surface area (Å²) in [5.74, 6) is -9.52. The third kappa shape index (κ3) is 8.53. The van der Waals surface area contributed by atoms with Gasteiger partial charge in [0, 0.05) is 34.6 Å². The van der Waals surface area contributed by atoms with Crippen molar-refractivity contribution in [1.82, 2.24) is 5.32 Å². The summed E-state index contributed by atoms with van der Waals surface area (Å²) in [6.45, 7) is 8.26. The van der Waals surface area contributed by atoms with Gasteiger partial charge in [-0.2, -0.15) is 0 Å². The van der Waals surface area contributed by atoms with E-state index < -0.39 is 84.5 Å². The molecule has 1 fully saturated rings. The van der Waals surface area contributed by atoms with Crippen LogP contribution in [0.15, 0.2) is 12.7 Å². The highest BCUT2D eigenvalue weighted by atomic mass is 16.7. The molecule has 0 aliphatic carbocycles. The molecule has 1 rings (SSSR count). The van der Waals surface area contributed by atoms with E-state index in [1.165, 1.54) is 6.08 Å². The molecule has 0 aromatic carbocycles. The van der Waals surface area contributed by atoms with E-state index in [4.69, 9.17) is 28.4 Å². The van der Waals surface area contributed by atoms with Gasteiger partial charge < -0.3 is 38.8 Å². The standard InChI is InChI=1S/C23H33NO13/c1-8-9-16-19(35-14(5)28)18(24-11(2)25)21(37-23(16,31)22(30)32-7)20(36-15(6)29)17(34-13(4)27)10-33-12(3)26/h8,16-21,31H,1,9-10H2,2-7H3,(H,24,25)/t16-,17+,18+,19-,20-,21+,23-/m0/s1. The smallest absolute Gasteiger partial charge is 0.366 e. The summed E-state index contributed by atoms with van der Waals surface area (Å²) < 4.78 is 31.4. The van der Waals surface area contributed by atoms with Crippen LogP contribution in [-0.4, -0.2) is 90.8 Å². The van der Waals surface area contributed by atoms with Gasteiger partial charge in [0.05, 0.1) is 19.1 Å². The van der Waals surface area contributed by atoms with Crippen molar-refractivity contribution in [1.29, 1.82) is 0 Å². The van der Waals surface area contributed by atoms with Crippen LogP contribution in [-0.2, 0) is 57.2 Å². The van der Waals surface area contributed by atoms with E-state index in [2.05, 4.69) is 11.9 Å². The molecular weight excluding hydrogens is 498 g/mol. The molecule has 1 amide bonds. The number of hydrogen-bond acceptors (Lipinski definition) is 13. The lowest BCUT2D eigenvalue weighted by molar-refractivity contribution is -0.322. The van der Waals surface area contributed by atoms with E-state index in [0.29, 0.717) is 0 Å². The Morgan fingerprint density at radius 1 is 1.00 bits per heavy atom. The minimum atomic E-state index is -2.82. The van der Waals surface area contributed by atoms with Crippen LogP contribution in [0.1, 0.15) is 41.0 Å². The van der Waals surface area contributed by atoms with E-state index in [1.807, 2.05) is 0 Å². The summed E-state index contributed by atoms with van der Waals surface area (Å²) in [5.41, 5.74) is 0. The Kier molecular flexibility index (Phi) is 11.7. The van der Waals surface area contributed by atoms with Gasteiger partial charge in [-0.05, 0) is 6.42 Å². The number of nitrogens with one attached hydrogen (secondary N) is 1. The fourth-order valence-electron chi connectivity index (χ4n) is 4.02. The Bertz CT molecular complexity index is 903. The molecule has 7 atom stereocenters. The van der Waals surface area contributed by atoms with Crippen molar-refractivity contribution in [3.05, 3.63) is 12.7 Å². The van der Waals surface area contributed by atoms with Gasteiger partial charge in [-0.25, -0.2) is 4.79 Å². The molecular formula is C23H33NO13. The van der Waals surface area contributed by atoms with Crippen molar-refractivity contribution in [2.24, 2.45) is 5.92 Å². The summed E-state index contributed by atoms with van der Waals surface area (Å²) in [5, 5.41) is 13.9. The molecule has 1 aliphatic rings. The molecule has 208 valence electrons. The predicted molar refractivity (Wildman–Crippen MR) is 121 cm³/mol. The van der Waals surface area contributed by atoms with E-state index in [-0.39, 0.29) is 6.42 Å². The number of allylic oxidation sites excluding steroid dienone is 1. The minimum absolute atomic E-state index is 0.161. The molecule has 2 N–H and O–H groups in total. The summed E-state index contributed by atoms with van der Waals surface area (Å²) in [4.78, 5) is 72.3. The Morgan fingerprint density at radius 3 is 2.03 bits per heavy atom. The third-order valence-electron chi connectivity index (χ3n) is 5.25. The Labute approximate surface area is 213 Å². The first-order chi connectivity index (χ1) is 17.2. The fourth-order valence-corrected chi connectivity index (χ4v) is 4.02. The third-order valence-corrected chi connectivity index (χ3v) is 5.25. The summed E-state index contributed by atoms with van der Waals surface area (Å²) in [7, 11) is 0.969. The second-order valence-electron chi connectivity index (χ2n) is 8.23. The van der Waals surface area contributed by atoms with Crippen molar-refractivity contribution in [2.45, 2.75) is 77.3 Å². The number of carbonyl (C=O) groups is 6. The topological polar surface area (TPSA) is 190 Å². The average Bonchev–Trinajstić information content (AvgIpc) is 2.77. The number of rotatable bonds is 11. The molecule has 0 aromatic heterocycles. The lowest BCUT2D eigenvalue weighted by Gasteiger charge is -2.50. The van der Waals surface area contributed by atoms with Gasteiger partial charge in [0.15, 0.2) is 12.2 Å². The van der Waals surface area contributed by atoms with Crippen LogP contribution >= 0.6 is 0 Å². The molecule has 0 spiro atoms. The van der Waals surface area contributed by atoms with Gasteiger partial charge in [0.25, 0.3) is 5.79 Å². The van der Waals surface area contributed by atoms with Crippen LogP contribution in [0.2, 0.25) is 0 Å². The van der Waals surface area contributed by atoms with E-state index in [0.717, 1.165) is 41.7 Å². The molecule has 1 aliphatic heterocycles. The Morgan fingerprint density at radius 2 is 1.59 bits per heavy atom. The van der Waals surface area contributed by atoms with E-state index in [1.54, 1.807) is 0 Å². The number of methoxy groups -OCH3 is 1. The normalized spacial score (nSPS) is 26.5. The summed E-state index contributed by atoms with van der Waals surface area (Å²) in [6.07, 6.45) is -5.26. The summed E-state index contributed by atoms with van der Waals surface area (Å²) in [6, 6.07) is -1.38. The molecule has 0 saturated carbocycles. The zero-order chi connectivity index (χ0) is 28.5. The van der Waals surface area contributed by atoms with Crippen LogP contribution in [0, 0.1) is 5.92 Å². The first-order valence-electron chi connectivity index (χ1n) is 11.2. The molecule has 14 heteroatoms. The van der Waals surface area contributed by atoms with Crippen LogP contribution in [0.3, 0.4) is 0 Å². The number of hydrogen-bond donors (Lipinski definition) is 2. The molecule has 1 heterocycles. The van der Waals surface area contributed by atoms with E-state index in [9.17, 15) is 33.9 Å². The van der Waals surface area contributed by atoms with Crippen LogP contribution in [0.4, 0.5) is 0 Å². The fraction of sp³-hybridized carbons (Fsp3) is 0.652. The maximum absolute atomic E-state index is 12.8. The second-order valence-corrected chi connectivity index (χ2v) is 8.23. The molecule has 14 nitrogen and oxygen atoms in total. The van der Waals surface area contributed by atoms with Gasteiger partial charge in [-0.1, -0.05) is 6.08 Å². The lowest BCUT2D eigenvalue weighted by atomic mass is 9.78. The van der Waals surface area contributed by atoms with Crippen molar-refractivity contribution in [2.75, 3.05) is 13.7 Å². The second kappa shape index (κ2) is 13.7. The highest BCUT2D eigenvalue weighted by Crippen LogP contribution is 2.40. The van der Waals surface area contributed by atoms with Crippen molar-refractivity contribution < 1.29 is 62.3 Å². The lowest BCUT2D eigenvalue weighted by Crippen LogP contribution is -2.72. The van der Waals surface area contributed by atoms with Crippen molar-refractivity contribution in [3.63, 3.8) is 0 Å². The highest BCUT2D eigenvalue weighted by molar-refractivity contribution is 5.79. The van der Waals surface area contributed by atoms with E-state index >= 15 is 0 Å². The Balaban J connectivity index is 3.86. The van der Waals surface area contributed by atoms with Gasteiger partial charge in [0.2, 0.25) is 5.91 Å². The summed E-state index contributed by atoms with van der Waals surface area (Å²) >= 11 is 0. The zero-order valence-electron chi connectivity index (χ0n) is 21.5. The van der Waals surface area contributed by atoms with Crippen LogP contribution < -0.4 is 5.32 Å². The van der Waals surface area contributed by atoms with Gasteiger partial charge in [0.1, 0.15) is 18.8 Å². The van der Waals surface area contributed by atoms with Gasteiger partial charge in [-0.15, -0.1) is 6.58 Å². The first-order valence-corrected chi connectivity index (χ1v) is 11.2. The maximum Gasteiger partial charge on any atom is 0.366 e. The zero-order valence-corrected chi connectivity index (χ0v) is 21.5. The minimum Gasteiger partial charge on any atom is -0.465 e. The number of esters is 5. The van der Waals surface area contributed by atoms with Crippen LogP contribution in [0.25, 0.3) is 0 Å². The molecule has 1 saturated heterocycles. The first kappa shape index (κ1) is 31.5. The van der Waals surface area contributed by atoms with Crippen molar-refractivity contribution >= 4 is 35.8 Å². The quantitative estimate of drug-likeness (QED) is 0.194. The number of aliphatic hydroxyl groups is 1. The molecule has 37 heavy (non-hydrogen) atoms. The van der Waals surface area contributed by atoms with Crippen molar-refractivity contribution in [3.8, 4) is 0 Å². The van der Waals surface area contributed by atoms with Gasteiger partial charge in [-0.3, -0.25) is 24.0 Å². The average molecular weight is 532 g/mol. The van der Waals surface area contributed by atoms with Crippen LogP contribution in [0.5, 0.6) is 0 Å². The highest BCUT2D eigenvalue weighted by Gasteiger charge is 2.63. The monoisotopic (exact) mass is 531 g/mol.